The van der Waals surface area contributed by atoms with Crippen LogP contribution in [0.25, 0.3) is 0 Å². The third-order valence-corrected chi connectivity index (χ3v) is 4.08. The predicted molar refractivity (Wildman–Crippen MR) is 54.2 cm³/mol. The zero-order chi connectivity index (χ0) is 8.43. The van der Waals surface area contributed by atoms with Crippen molar-refractivity contribution in [1.82, 2.24) is 0 Å². The van der Waals surface area contributed by atoms with Crippen molar-refractivity contribution in [2.45, 2.75) is 19.4 Å². The lowest BCUT2D eigenvalue weighted by Gasteiger charge is -2.02. The summed E-state index contributed by atoms with van der Waals surface area (Å²) in [6.07, 6.45) is 0.948. The molecule has 0 saturated carbocycles. The number of rotatable bonds is 2. The summed E-state index contributed by atoms with van der Waals surface area (Å²) < 4.78 is 1.73. The van der Waals surface area contributed by atoms with Gasteiger partial charge >= 0.3 is 0 Å². The number of halogens is 2. The second-order valence-electron chi connectivity index (χ2n) is 2.29. The molecule has 1 unspecified atom stereocenters. The molecule has 0 amide bonds. The van der Waals surface area contributed by atoms with Gasteiger partial charge in [-0.3, -0.25) is 0 Å². The maximum absolute atomic E-state index is 5.85. The first-order valence-electron chi connectivity index (χ1n) is 3.35. The molecule has 1 aromatic heterocycles. The maximum Gasteiger partial charge on any atom is 0.107 e. The number of thiophene rings is 1. The lowest BCUT2D eigenvalue weighted by atomic mass is 10.2. The van der Waals surface area contributed by atoms with Crippen molar-refractivity contribution >= 4 is 38.9 Å². The Hall–Kier alpha value is 0.430. The summed E-state index contributed by atoms with van der Waals surface area (Å²) in [6.45, 7) is 2.06. The van der Waals surface area contributed by atoms with Crippen LogP contribution in [0.4, 0.5) is 0 Å². The average molecular weight is 255 g/mol. The van der Waals surface area contributed by atoms with Gasteiger partial charge in [-0.15, -0.1) is 11.3 Å². The van der Waals surface area contributed by atoms with Gasteiger partial charge in [-0.05, 0) is 28.4 Å². The zero-order valence-corrected chi connectivity index (χ0v) is 9.26. The number of hydrogen-bond donors (Lipinski definition) is 1. The van der Waals surface area contributed by atoms with Gasteiger partial charge in [0.2, 0.25) is 0 Å². The van der Waals surface area contributed by atoms with E-state index < -0.39 is 0 Å². The van der Waals surface area contributed by atoms with E-state index in [1.165, 1.54) is 0 Å². The number of nitrogens with two attached hydrogens (primary N) is 1. The highest BCUT2D eigenvalue weighted by molar-refractivity contribution is 9.10. The molecule has 0 fully saturated rings. The molecule has 1 atom stereocenters. The normalized spacial score (nSPS) is 13.5. The van der Waals surface area contributed by atoms with Gasteiger partial charge in [-0.25, -0.2) is 0 Å². The van der Waals surface area contributed by atoms with Gasteiger partial charge in [-0.2, -0.15) is 0 Å². The van der Waals surface area contributed by atoms with Crippen LogP contribution in [0.2, 0.25) is 4.34 Å². The Morgan fingerprint density at radius 1 is 1.82 bits per heavy atom. The van der Waals surface area contributed by atoms with Crippen molar-refractivity contribution < 1.29 is 0 Å². The first kappa shape index (κ1) is 9.52. The minimum absolute atomic E-state index is 0.129. The molecule has 1 nitrogen and oxygen atoms in total. The van der Waals surface area contributed by atoms with Gasteiger partial charge in [0.25, 0.3) is 0 Å². The minimum Gasteiger partial charge on any atom is -0.323 e. The van der Waals surface area contributed by atoms with Crippen molar-refractivity contribution in [1.29, 1.82) is 0 Å². The molecule has 0 aliphatic carbocycles. The van der Waals surface area contributed by atoms with Crippen LogP contribution in [-0.4, -0.2) is 0 Å². The fourth-order valence-corrected chi connectivity index (χ4v) is 2.57. The molecule has 0 bridgehead atoms. The van der Waals surface area contributed by atoms with Gasteiger partial charge in [-0.1, -0.05) is 18.5 Å². The van der Waals surface area contributed by atoms with Crippen molar-refractivity contribution in [3.63, 3.8) is 0 Å². The molecule has 1 rings (SSSR count). The molecular weight excluding hydrogens is 246 g/mol. The van der Waals surface area contributed by atoms with Crippen LogP contribution < -0.4 is 5.73 Å². The Morgan fingerprint density at radius 3 is 2.82 bits per heavy atom. The van der Waals surface area contributed by atoms with Gasteiger partial charge in [0.1, 0.15) is 4.34 Å². The Kier molecular flexibility index (Phi) is 3.37. The third-order valence-electron chi connectivity index (χ3n) is 1.47. The Labute approximate surface area is 83.7 Å². The lowest BCUT2D eigenvalue weighted by Crippen LogP contribution is -2.05. The van der Waals surface area contributed by atoms with Gasteiger partial charge in [0, 0.05) is 15.4 Å². The highest BCUT2D eigenvalue weighted by atomic mass is 79.9. The summed E-state index contributed by atoms with van der Waals surface area (Å²) in [6, 6.07) is 2.12. The Morgan fingerprint density at radius 2 is 2.45 bits per heavy atom. The van der Waals surface area contributed by atoms with E-state index in [0.717, 1.165) is 20.1 Å². The van der Waals surface area contributed by atoms with Crippen LogP contribution in [0.15, 0.2) is 10.5 Å². The summed E-state index contributed by atoms with van der Waals surface area (Å²) in [4.78, 5) is 1.14. The second-order valence-corrected chi connectivity index (χ2v) is 4.83. The van der Waals surface area contributed by atoms with E-state index in [2.05, 4.69) is 22.9 Å². The fraction of sp³-hybridized carbons (Fsp3) is 0.429. The molecule has 4 heteroatoms. The van der Waals surface area contributed by atoms with E-state index in [9.17, 15) is 0 Å². The van der Waals surface area contributed by atoms with Crippen LogP contribution >= 0.6 is 38.9 Å². The van der Waals surface area contributed by atoms with E-state index in [4.69, 9.17) is 17.3 Å². The van der Waals surface area contributed by atoms with Crippen LogP contribution in [0, 0.1) is 0 Å². The monoisotopic (exact) mass is 253 g/mol. The molecule has 0 saturated heterocycles. The van der Waals surface area contributed by atoms with E-state index in [0.29, 0.717) is 0 Å². The Bertz CT molecular complexity index is 229. The SMILES string of the molecule is CCC(N)c1cc(Br)c(Cl)s1. The van der Waals surface area contributed by atoms with Crippen LogP contribution in [0.5, 0.6) is 0 Å². The molecule has 0 radical (unpaired) electrons. The third kappa shape index (κ3) is 2.18. The highest BCUT2D eigenvalue weighted by Gasteiger charge is 2.09. The summed E-state index contributed by atoms with van der Waals surface area (Å²) in [5.74, 6) is 0. The van der Waals surface area contributed by atoms with Gasteiger partial charge < -0.3 is 5.73 Å². The predicted octanol–water partition coefficient (Wildman–Crippen LogP) is 3.57. The lowest BCUT2D eigenvalue weighted by molar-refractivity contribution is 0.712. The first-order valence-corrected chi connectivity index (χ1v) is 5.34. The second kappa shape index (κ2) is 3.90. The average Bonchev–Trinajstić information content (AvgIpc) is 2.31. The minimum atomic E-state index is 0.129. The van der Waals surface area contributed by atoms with E-state index in [1.807, 2.05) is 6.07 Å². The highest BCUT2D eigenvalue weighted by Crippen LogP contribution is 2.35. The summed E-state index contributed by atoms with van der Waals surface area (Å²) >= 11 is 10.7. The van der Waals surface area contributed by atoms with Crippen molar-refractivity contribution in [3.05, 3.63) is 19.8 Å². The van der Waals surface area contributed by atoms with Gasteiger partial charge in [0.15, 0.2) is 0 Å². The standard InChI is InChI=1S/C7H9BrClNS/c1-2-5(10)6-3-4(8)7(9)11-6/h3,5H,2,10H2,1H3. The quantitative estimate of drug-likeness (QED) is 0.858. The van der Waals surface area contributed by atoms with E-state index in [-0.39, 0.29) is 6.04 Å². The van der Waals surface area contributed by atoms with E-state index >= 15 is 0 Å². The Balaban J connectivity index is 2.88. The van der Waals surface area contributed by atoms with Crippen molar-refractivity contribution in [2.24, 2.45) is 5.73 Å². The molecule has 62 valence electrons. The summed E-state index contributed by atoms with van der Waals surface area (Å²) in [5.41, 5.74) is 5.81. The largest absolute Gasteiger partial charge is 0.323 e. The first-order chi connectivity index (χ1) is 5.15. The molecule has 0 aliphatic rings. The molecule has 11 heavy (non-hydrogen) atoms. The molecule has 2 N–H and O–H groups in total. The van der Waals surface area contributed by atoms with Crippen LogP contribution in [-0.2, 0) is 0 Å². The molecule has 0 spiro atoms. The zero-order valence-electron chi connectivity index (χ0n) is 6.10. The van der Waals surface area contributed by atoms with Crippen molar-refractivity contribution in [3.8, 4) is 0 Å². The van der Waals surface area contributed by atoms with Crippen molar-refractivity contribution in [2.75, 3.05) is 0 Å². The van der Waals surface area contributed by atoms with Crippen LogP contribution in [0.1, 0.15) is 24.3 Å². The molecule has 1 heterocycles. The molecule has 0 aromatic carbocycles. The van der Waals surface area contributed by atoms with E-state index in [1.54, 1.807) is 11.3 Å². The molecule has 0 aliphatic heterocycles. The molecule has 1 aromatic rings. The summed E-state index contributed by atoms with van der Waals surface area (Å²) in [7, 11) is 0. The summed E-state index contributed by atoms with van der Waals surface area (Å²) in [5, 5.41) is 0. The van der Waals surface area contributed by atoms with Gasteiger partial charge in [0.05, 0.1) is 0 Å². The molecular formula is C7H9BrClNS. The maximum atomic E-state index is 5.85. The van der Waals surface area contributed by atoms with Crippen LogP contribution in [0.3, 0.4) is 0 Å². The topological polar surface area (TPSA) is 26.0 Å². The number of hydrogen-bond acceptors (Lipinski definition) is 2. The smallest absolute Gasteiger partial charge is 0.107 e. The fourth-order valence-electron chi connectivity index (χ4n) is 0.747.